The molecule has 5 rings (SSSR count). The largest absolute Gasteiger partial charge is 0.504 e. The zero-order chi connectivity index (χ0) is 32.1. The number of pyridine rings is 1. The van der Waals surface area contributed by atoms with Gasteiger partial charge >= 0.3 is 0 Å². The monoisotopic (exact) mass is 611 g/mol. The third-order valence-corrected chi connectivity index (χ3v) is 7.78. The highest BCUT2D eigenvalue weighted by Crippen LogP contribution is 2.28. The molecular weight excluding hydrogens is 564 g/mol. The number of aryl methyl sites for hydroxylation is 1. The predicted octanol–water partition coefficient (Wildman–Crippen LogP) is 5.38. The number of anilines is 1. The third kappa shape index (κ3) is 9.97. The number of hydrogen-bond donors (Lipinski definition) is 2. The fraction of sp³-hybridized carbons (Fsp3) is 0.471. The maximum Gasteiger partial charge on any atom is 0.253 e. The van der Waals surface area contributed by atoms with E-state index >= 15 is 0 Å². The minimum atomic E-state index is -0.724. The number of methoxy groups -OCH3 is 1. The van der Waals surface area contributed by atoms with Gasteiger partial charge in [0.05, 0.1) is 5.56 Å². The molecule has 0 aliphatic carbocycles. The average molecular weight is 612 g/mol. The van der Waals surface area contributed by atoms with Crippen molar-refractivity contribution in [2.24, 2.45) is 0 Å². The standard InChI is InChI=1S/C30H35F2N5O2.C2H6O.C2H6/c1-21-2-4-22(5-3-21)20-35-10-8-26(9-11-35)36-12-14-37(15-13-36)29-28(38)16-24(19-33-29)30(39)34-18-23-6-7-25(31)17-27(23)32;1-3-2;1-2/h2-7,16-17,19,26,38H,8-15,18,20H2,1H3,(H,34,39);1-2H3;1-2H3. The number of benzene rings is 2. The summed E-state index contributed by atoms with van der Waals surface area (Å²) in [5.41, 5.74) is 3.01. The first-order valence-corrected chi connectivity index (χ1v) is 15.4. The lowest BCUT2D eigenvalue weighted by atomic mass is 10.0. The Morgan fingerprint density at radius 2 is 1.61 bits per heavy atom. The van der Waals surface area contributed by atoms with E-state index in [4.69, 9.17) is 0 Å². The summed E-state index contributed by atoms with van der Waals surface area (Å²) in [7, 11) is 3.25. The molecule has 3 heterocycles. The van der Waals surface area contributed by atoms with E-state index < -0.39 is 17.5 Å². The Morgan fingerprint density at radius 1 is 0.977 bits per heavy atom. The van der Waals surface area contributed by atoms with E-state index in [1.807, 2.05) is 18.7 Å². The van der Waals surface area contributed by atoms with Crippen molar-refractivity contribution in [3.63, 3.8) is 0 Å². The van der Waals surface area contributed by atoms with Crippen molar-refractivity contribution >= 4 is 11.7 Å². The first-order valence-electron chi connectivity index (χ1n) is 15.4. The number of hydrogen-bond acceptors (Lipinski definition) is 7. The molecule has 2 aromatic carbocycles. The molecule has 2 aliphatic rings. The number of piperazine rings is 1. The number of aromatic hydroxyl groups is 1. The van der Waals surface area contributed by atoms with Gasteiger partial charge in [-0.2, -0.15) is 0 Å². The zero-order valence-electron chi connectivity index (χ0n) is 26.7. The molecule has 10 heteroatoms. The van der Waals surface area contributed by atoms with Crippen molar-refractivity contribution in [3.05, 3.63) is 88.6 Å². The predicted molar refractivity (Wildman–Crippen MR) is 171 cm³/mol. The molecule has 2 N–H and O–H groups in total. The Bertz CT molecular complexity index is 1310. The van der Waals surface area contributed by atoms with Crippen LogP contribution in [0.5, 0.6) is 5.75 Å². The fourth-order valence-corrected chi connectivity index (χ4v) is 5.45. The number of carbonyl (C=O) groups excluding carboxylic acids is 1. The molecule has 2 aliphatic heterocycles. The van der Waals surface area contributed by atoms with E-state index in [0.29, 0.717) is 11.9 Å². The Balaban J connectivity index is 0.000000997. The number of aromatic nitrogens is 1. The van der Waals surface area contributed by atoms with E-state index in [9.17, 15) is 18.7 Å². The Labute approximate surface area is 260 Å². The van der Waals surface area contributed by atoms with Crippen molar-refractivity contribution in [2.75, 3.05) is 58.4 Å². The molecule has 240 valence electrons. The highest BCUT2D eigenvalue weighted by molar-refractivity contribution is 5.94. The average Bonchev–Trinajstić information content (AvgIpc) is 3.03. The summed E-state index contributed by atoms with van der Waals surface area (Å²) in [6, 6.07) is 14.0. The summed E-state index contributed by atoms with van der Waals surface area (Å²) >= 11 is 0. The lowest BCUT2D eigenvalue weighted by Crippen LogP contribution is -2.53. The summed E-state index contributed by atoms with van der Waals surface area (Å²) in [6.07, 6.45) is 3.73. The summed E-state index contributed by atoms with van der Waals surface area (Å²) in [6.45, 7) is 12.5. The number of piperidine rings is 1. The van der Waals surface area contributed by atoms with Gasteiger partial charge in [0, 0.05) is 77.4 Å². The zero-order valence-corrected chi connectivity index (χ0v) is 26.7. The SMILES string of the molecule is CC.COC.Cc1ccc(CN2CCC(N3CCN(c4ncc(C(=O)NCc5ccc(F)cc5F)cc4O)CC3)CC2)cc1. The van der Waals surface area contributed by atoms with Crippen molar-refractivity contribution in [2.45, 2.75) is 52.7 Å². The molecular formula is C34H47F2N5O3. The highest BCUT2D eigenvalue weighted by Gasteiger charge is 2.28. The topological polar surface area (TPSA) is 81.2 Å². The van der Waals surface area contributed by atoms with Crippen molar-refractivity contribution in [1.29, 1.82) is 0 Å². The summed E-state index contributed by atoms with van der Waals surface area (Å²) in [5.74, 6) is -1.49. The minimum absolute atomic E-state index is 0.0616. The second kappa shape index (κ2) is 17.6. The van der Waals surface area contributed by atoms with Gasteiger partial charge in [-0.1, -0.05) is 49.7 Å². The minimum Gasteiger partial charge on any atom is -0.504 e. The number of halogens is 2. The maximum absolute atomic E-state index is 13.8. The van der Waals surface area contributed by atoms with Crippen molar-refractivity contribution in [3.8, 4) is 5.75 Å². The Hall–Kier alpha value is -3.60. The van der Waals surface area contributed by atoms with Crippen LogP contribution in [-0.2, 0) is 17.8 Å². The molecule has 8 nitrogen and oxygen atoms in total. The van der Waals surface area contributed by atoms with Crippen LogP contribution in [0.15, 0.2) is 54.7 Å². The Kier molecular flexibility index (Phi) is 14.0. The van der Waals surface area contributed by atoms with Crippen LogP contribution >= 0.6 is 0 Å². The fourth-order valence-electron chi connectivity index (χ4n) is 5.45. The smallest absolute Gasteiger partial charge is 0.253 e. The number of nitrogens with one attached hydrogen (secondary N) is 1. The van der Waals surface area contributed by atoms with E-state index in [-0.39, 0.29) is 23.4 Å². The van der Waals surface area contributed by atoms with Crippen LogP contribution in [0.2, 0.25) is 0 Å². The molecule has 0 radical (unpaired) electrons. The van der Waals surface area contributed by atoms with Gasteiger partial charge in [-0.3, -0.25) is 14.6 Å². The number of rotatable bonds is 7. The van der Waals surface area contributed by atoms with Crippen LogP contribution in [0.1, 0.15) is 53.7 Å². The van der Waals surface area contributed by atoms with Crippen molar-refractivity contribution in [1.82, 2.24) is 20.1 Å². The van der Waals surface area contributed by atoms with Crippen LogP contribution in [0.4, 0.5) is 14.6 Å². The van der Waals surface area contributed by atoms with Gasteiger partial charge in [0.2, 0.25) is 0 Å². The van der Waals surface area contributed by atoms with Crippen LogP contribution in [0.3, 0.4) is 0 Å². The van der Waals surface area contributed by atoms with E-state index in [2.05, 4.69) is 56.0 Å². The molecule has 0 saturated carbocycles. The summed E-state index contributed by atoms with van der Waals surface area (Å²) in [5, 5.41) is 13.2. The highest BCUT2D eigenvalue weighted by atomic mass is 19.1. The molecule has 1 aromatic heterocycles. The molecule has 44 heavy (non-hydrogen) atoms. The van der Waals surface area contributed by atoms with E-state index in [1.165, 1.54) is 29.5 Å². The van der Waals surface area contributed by atoms with Gasteiger partial charge < -0.3 is 20.1 Å². The van der Waals surface area contributed by atoms with Gasteiger partial charge in [0.25, 0.3) is 5.91 Å². The van der Waals surface area contributed by atoms with Gasteiger partial charge in [0.15, 0.2) is 11.6 Å². The van der Waals surface area contributed by atoms with Crippen LogP contribution < -0.4 is 10.2 Å². The Morgan fingerprint density at radius 3 is 2.20 bits per heavy atom. The normalized spacial score (nSPS) is 15.9. The first-order chi connectivity index (χ1) is 21.3. The molecule has 0 atom stereocenters. The number of nitrogens with zero attached hydrogens (tertiary/aromatic N) is 4. The van der Waals surface area contributed by atoms with Crippen LogP contribution in [0, 0.1) is 18.6 Å². The van der Waals surface area contributed by atoms with E-state index in [0.717, 1.165) is 70.8 Å². The van der Waals surface area contributed by atoms with Crippen LogP contribution in [0.25, 0.3) is 0 Å². The molecule has 2 saturated heterocycles. The first kappa shape index (κ1) is 34.9. The van der Waals surface area contributed by atoms with Gasteiger partial charge in [-0.15, -0.1) is 0 Å². The number of carbonyl (C=O) groups is 1. The molecule has 0 unspecified atom stereocenters. The van der Waals surface area contributed by atoms with E-state index in [1.54, 1.807) is 14.2 Å². The second-order valence-corrected chi connectivity index (χ2v) is 10.9. The number of likely N-dealkylation sites (tertiary alicyclic amines) is 1. The maximum atomic E-state index is 13.8. The number of ether oxygens (including phenoxy) is 1. The molecule has 2 fully saturated rings. The molecule has 0 spiro atoms. The summed E-state index contributed by atoms with van der Waals surface area (Å²) in [4.78, 5) is 24.0. The summed E-state index contributed by atoms with van der Waals surface area (Å²) < 4.78 is 31.2. The molecule has 3 aromatic rings. The quantitative estimate of drug-likeness (QED) is 0.372. The lowest BCUT2D eigenvalue weighted by Gasteiger charge is -2.43. The second-order valence-electron chi connectivity index (χ2n) is 10.9. The van der Waals surface area contributed by atoms with Gasteiger partial charge in [-0.05, 0) is 50.6 Å². The van der Waals surface area contributed by atoms with Crippen LogP contribution in [-0.4, -0.2) is 85.3 Å². The van der Waals surface area contributed by atoms with Crippen molar-refractivity contribution < 1.29 is 23.4 Å². The lowest BCUT2D eigenvalue weighted by molar-refractivity contribution is 0.0949. The van der Waals surface area contributed by atoms with Gasteiger partial charge in [0.1, 0.15) is 11.6 Å². The van der Waals surface area contributed by atoms with Gasteiger partial charge in [-0.25, -0.2) is 13.8 Å². The molecule has 1 amide bonds. The third-order valence-electron chi connectivity index (χ3n) is 7.78. The molecule has 0 bridgehead atoms. The number of amides is 1.